The molecule has 1 heterocycles. The van der Waals surface area contributed by atoms with E-state index in [1.165, 1.54) is 18.2 Å². The summed E-state index contributed by atoms with van der Waals surface area (Å²) < 4.78 is 34.7. The third-order valence-corrected chi connectivity index (χ3v) is 3.89. The molecule has 146 valence electrons. The Morgan fingerprint density at radius 3 is 2.75 bits per heavy atom. The highest BCUT2D eigenvalue weighted by Crippen LogP contribution is 2.28. The van der Waals surface area contributed by atoms with Crippen LogP contribution in [0.2, 0.25) is 0 Å². The maximum absolute atomic E-state index is 12.5. The maximum Gasteiger partial charge on any atom is 0.387 e. The van der Waals surface area contributed by atoms with Gasteiger partial charge in [-0.1, -0.05) is 18.2 Å². The van der Waals surface area contributed by atoms with Crippen molar-refractivity contribution < 1.29 is 23.0 Å². The molecule has 2 N–H and O–H groups in total. The van der Waals surface area contributed by atoms with E-state index in [2.05, 4.69) is 25.2 Å². The maximum atomic E-state index is 12.5. The van der Waals surface area contributed by atoms with Crippen LogP contribution in [0.3, 0.4) is 0 Å². The Hall–Kier alpha value is -3.49. The molecule has 7 nitrogen and oxygen atoms in total. The van der Waals surface area contributed by atoms with Crippen molar-refractivity contribution in [1.29, 1.82) is 0 Å². The zero-order valence-electron chi connectivity index (χ0n) is 15.2. The van der Waals surface area contributed by atoms with Gasteiger partial charge in [-0.15, -0.1) is 0 Å². The highest BCUT2D eigenvalue weighted by molar-refractivity contribution is 5.96. The number of aromatic amines is 1. The number of hydrogen-bond donors (Lipinski definition) is 2. The lowest BCUT2D eigenvalue weighted by molar-refractivity contribution is -0.0501. The van der Waals surface area contributed by atoms with Crippen LogP contribution in [0, 0.1) is 6.92 Å². The number of benzene rings is 2. The van der Waals surface area contributed by atoms with Crippen molar-refractivity contribution in [2.75, 3.05) is 7.11 Å². The van der Waals surface area contributed by atoms with E-state index in [9.17, 15) is 13.6 Å². The number of alkyl halides is 2. The number of nitrogens with one attached hydrogen (secondary N) is 2. The lowest BCUT2D eigenvalue weighted by Gasteiger charge is -2.10. The van der Waals surface area contributed by atoms with Gasteiger partial charge in [0.15, 0.2) is 5.82 Å². The van der Waals surface area contributed by atoms with Gasteiger partial charge in [0, 0.05) is 0 Å². The first-order chi connectivity index (χ1) is 13.5. The molecule has 0 spiro atoms. The van der Waals surface area contributed by atoms with Gasteiger partial charge < -0.3 is 14.8 Å². The number of carbonyl (C=O) groups is 1. The number of ether oxygens (including phenoxy) is 2. The monoisotopic (exact) mass is 388 g/mol. The van der Waals surface area contributed by atoms with E-state index in [1.807, 2.05) is 25.1 Å². The second kappa shape index (κ2) is 8.47. The van der Waals surface area contributed by atoms with Gasteiger partial charge >= 0.3 is 6.61 Å². The van der Waals surface area contributed by atoms with Gasteiger partial charge in [0.25, 0.3) is 5.91 Å². The van der Waals surface area contributed by atoms with Crippen molar-refractivity contribution in [2.45, 2.75) is 20.1 Å². The summed E-state index contributed by atoms with van der Waals surface area (Å²) in [7, 11) is 1.56. The summed E-state index contributed by atoms with van der Waals surface area (Å²) in [5.74, 6) is 0.688. The van der Waals surface area contributed by atoms with E-state index in [0.29, 0.717) is 23.0 Å². The molecule has 0 aliphatic carbocycles. The molecule has 1 aromatic heterocycles. The molecule has 0 saturated carbocycles. The average Bonchev–Trinajstić information content (AvgIpc) is 3.14. The van der Waals surface area contributed by atoms with Crippen LogP contribution in [0.15, 0.2) is 42.5 Å². The van der Waals surface area contributed by atoms with E-state index in [1.54, 1.807) is 13.2 Å². The third kappa shape index (κ3) is 4.43. The van der Waals surface area contributed by atoms with Crippen LogP contribution < -0.4 is 14.8 Å². The second-order valence-corrected chi connectivity index (χ2v) is 5.87. The summed E-state index contributed by atoms with van der Waals surface area (Å²) in [6, 6.07) is 11.4. The van der Waals surface area contributed by atoms with E-state index < -0.39 is 12.5 Å². The number of nitrogens with zero attached hydrogens (tertiary/aromatic N) is 2. The van der Waals surface area contributed by atoms with Crippen LogP contribution in [0.1, 0.15) is 21.7 Å². The minimum Gasteiger partial charge on any atom is -0.496 e. The minimum absolute atomic E-state index is 0.00254. The number of hydrogen-bond acceptors (Lipinski definition) is 5. The van der Waals surface area contributed by atoms with Crippen molar-refractivity contribution in [3.05, 3.63) is 59.4 Å². The fourth-order valence-electron chi connectivity index (χ4n) is 2.59. The zero-order chi connectivity index (χ0) is 20.1. The molecular weight excluding hydrogens is 370 g/mol. The molecule has 0 aliphatic heterocycles. The molecule has 3 aromatic rings. The van der Waals surface area contributed by atoms with Crippen LogP contribution in [0.4, 0.5) is 8.78 Å². The molecule has 0 bridgehead atoms. The van der Waals surface area contributed by atoms with Crippen LogP contribution in [-0.2, 0) is 6.54 Å². The number of aromatic nitrogens is 3. The third-order valence-electron chi connectivity index (χ3n) is 3.89. The van der Waals surface area contributed by atoms with Crippen LogP contribution >= 0.6 is 0 Å². The first-order valence-corrected chi connectivity index (χ1v) is 8.36. The van der Waals surface area contributed by atoms with Gasteiger partial charge in [-0.3, -0.25) is 9.89 Å². The molecule has 28 heavy (non-hydrogen) atoms. The Morgan fingerprint density at radius 1 is 1.21 bits per heavy atom. The Morgan fingerprint density at radius 2 is 2.00 bits per heavy atom. The highest BCUT2D eigenvalue weighted by atomic mass is 19.3. The molecule has 0 unspecified atom stereocenters. The molecular formula is C19H18F2N4O3. The number of rotatable bonds is 7. The number of H-pyrrole nitrogens is 1. The number of halogens is 2. The summed E-state index contributed by atoms with van der Waals surface area (Å²) in [6.07, 6.45) is 0. The molecule has 2 aromatic carbocycles. The number of aryl methyl sites for hydroxylation is 1. The fourth-order valence-corrected chi connectivity index (χ4v) is 2.59. The Labute approximate surface area is 159 Å². The molecule has 3 rings (SSSR count). The predicted molar refractivity (Wildman–Crippen MR) is 97.4 cm³/mol. The van der Waals surface area contributed by atoms with Gasteiger partial charge in [0.05, 0.1) is 24.8 Å². The number of para-hydroxylation sites is 1. The van der Waals surface area contributed by atoms with Crippen LogP contribution in [0.25, 0.3) is 11.4 Å². The molecule has 0 fully saturated rings. The fraction of sp³-hybridized carbons (Fsp3) is 0.211. The zero-order valence-corrected chi connectivity index (χ0v) is 15.2. The van der Waals surface area contributed by atoms with E-state index in [-0.39, 0.29) is 17.9 Å². The second-order valence-electron chi connectivity index (χ2n) is 5.87. The highest BCUT2D eigenvalue weighted by Gasteiger charge is 2.16. The van der Waals surface area contributed by atoms with Gasteiger partial charge in [0.1, 0.15) is 17.3 Å². The van der Waals surface area contributed by atoms with E-state index in [0.717, 1.165) is 5.56 Å². The largest absolute Gasteiger partial charge is 0.496 e. The first-order valence-electron chi connectivity index (χ1n) is 8.36. The minimum atomic E-state index is -3.02. The van der Waals surface area contributed by atoms with Crippen molar-refractivity contribution >= 4 is 5.91 Å². The SMILES string of the molecule is COc1cc(C)ccc1-c1n[nH]c(CNC(=O)c2ccccc2OC(F)F)n1. The molecule has 0 atom stereocenters. The Kier molecular flexibility index (Phi) is 5.83. The van der Waals surface area contributed by atoms with Crippen molar-refractivity contribution in [2.24, 2.45) is 0 Å². The van der Waals surface area contributed by atoms with Gasteiger partial charge in [-0.05, 0) is 36.8 Å². The summed E-state index contributed by atoms with van der Waals surface area (Å²) in [5.41, 5.74) is 1.74. The molecule has 0 saturated heterocycles. The van der Waals surface area contributed by atoms with Crippen molar-refractivity contribution in [1.82, 2.24) is 20.5 Å². The summed E-state index contributed by atoms with van der Waals surface area (Å²) in [5, 5.41) is 9.48. The topological polar surface area (TPSA) is 89.1 Å². The summed E-state index contributed by atoms with van der Waals surface area (Å²) in [4.78, 5) is 16.7. The van der Waals surface area contributed by atoms with Gasteiger partial charge in [0.2, 0.25) is 0 Å². The first kappa shape index (κ1) is 19.3. The standard InChI is InChI=1S/C19H18F2N4O3/c1-11-7-8-12(15(9-11)27-2)17-23-16(24-25-17)10-22-18(26)13-5-3-4-6-14(13)28-19(20)21/h3-9,19H,10H2,1-2H3,(H,22,26)(H,23,24,25). The quantitative estimate of drug-likeness (QED) is 0.648. The number of carbonyl (C=O) groups excluding carboxylic acids is 1. The predicted octanol–water partition coefficient (Wildman–Crippen LogP) is 3.32. The van der Waals surface area contributed by atoms with E-state index in [4.69, 9.17) is 4.74 Å². The lowest BCUT2D eigenvalue weighted by Crippen LogP contribution is -2.24. The lowest BCUT2D eigenvalue weighted by atomic mass is 10.1. The van der Waals surface area contributed by atoms with Gasteiger partial charge in [-0.2, -0.15) is 13.9 Å². The van der Waals surface area contributed by atoms with E-state index >= 15 is 0 Å². The smallest absolute Gasteiger partial charge is 0.387 e. The molecule has 0 aliphatic rings. The normalized spacial score (nSPS) is 10.8. The summed E-state index contributed by atoms with van der Waals surface area (Å²) >= 11 is 0. The van der Waals surface area contributed by atoms with Crippen molar-refractivity contribution in [3.63, 3.8) is 0 Å². The Balaban J connectivity index is 1.71. The average molecular weight is 388 g/mol. The van der Waals surface area contributed by atoms with Crippen LogP contribution in [-0.4, -0.2) is 34.8 Å². The summed E-state index contributed by atoms with van der Waals surface area (Å²) in [6.45, 7) is -1.04. The number of amides is 1. The van der Waals surface area contributed by atoms with Crippen molar-refractivity contribution in [3.8, 4) is 22.9 Å². The van der Waals surface area contributed by atoms with Crippen LogP contribution in [0.5, 0.6) is 11.5 Å². The Bertz CT molecular complexity index is 975. The molecule has 9 heteroatoms. The van der Waals surface area contributed by atoms with Gasteiger partial charge in [-0.25, -0.2) is 4.98 Å². The molecule has 1 amide bonds. The number of methoxy groups -OCH3 is 1. The molecule has 0 radical (unpaired) electrons.